The molecule has 7 aliphatic heterocycles. The molecule has 13 nitrogen and oxygen atoms in total. The first-order chi connectivity index (χ1) is 34.6. The fraction of sp³-hybridized carbons (Fsp3) is 0.949. The first-order valence-electron chi connectivity index (χ1n) is 30.2. The van der Waals surface area contributed by atoms with Crippen LogP contribution in [0.1, 0.15) is 149 Å². The van der Waals surface area contributed by atoms with E-state index in [2.05, 4.69) is 48.4 Å². The largest absolute Gasteiger partial charge is 0.480 e. The van der Waals surface area contributed by atoms with Gasteiger partial charge in [0.1, 0.15) is 18.1 Å². The maximum atomic E-state index is 10.9. The Labute approximate surface area is 475 Å². The summed E-state index contributed by atoms with van der Waals surface area (Å²) in [5, 5.41) is 33.9. The number of carboxylic acids is 3. The fourth-order valence-corrected chi connectivity index (χ4v) is 18.5. The van der Waals surface area contributed by atoms with Gasteiger partial charge < -0.3 is 35.8 Å². The van der Waals surface area contributed by atoms with Gasteiger partial charge in [-0.1, -0.05) is 44.9 Å². The zero-order chi connectivity index (χ0) is 51.2. The van der Waals surface area contributed by atoms with Crippen molar-refractivity contribution in [2.45, 2.75) is 179 Å². The highest BCUT2D eigenvalue weighted by Gasteiger charge is 2.48. The van der Waals surface area contributed by atoms with E-state index in [0.29, 0.717) is 35.5 Å². The van der Waals surface area contributed by atoms with Crippen molar-refractivity contribution in [2.24, 2.45) is 82.9 Å². The third-order valence-corrected chi connectivity index (χ3v) is 22.3. The van der Waals surface area contributed by atoms with E-state index in [0.717, 1.165) is 98.3 Å². The minimum absolute atomic E-state index is 0. The topological polar surface area (TPSA) is 152 Å². The van der Waals surface area contributed by atoms with Gasteiger partial charge in [-0.05, 0) is 241 Å². The van der Waals surface area contributed by atoms with Crippen molar-refractivity contribution in [3.63, 3.8) is 0 Å². The number of rotatable bonds is 3. The summed E-state index contributed by atoms with van der Waals surface area (Å²) in [6.45, 7) is 15.7. The predicted molar refractivity (Wildman–Crippen MR) is 316 cm³/mol. The van der Waals surface area contributed by atoms with Crippen molar-refractivity contribution in [1.82, 2.24) is 35.1 Å². The lowest BCUT2D eigenvalue weighted by Gasteiger charge is -2.18. The molecule has 75 heavy (non-hydrogen) atoms. The van der Waals surface area contributed by atoms with Crippen LogP contribution in [0.2, 0.25) is 0 Å². The quantitative estimate of drug-likeness (QED) is 0.184. The number of hydrogen-bond acceptors (Lipinski definition) is 10. The van der Waals surface area contributed by atoms with E-state index < -0.39 is 17.9 Å². The van der Waals surface area contributed by atoms with Gasteiger partial charge in [-0.3, -0.25) is 29.1 Å². The molecule has 14 fully saturated rings. The highest BCUT2D eigenvalue weighted by Crippen LogP contribution is 2.45. The second-order valence-corrected chi connectivity index (χ2v) is 26.6. The van der Waals surface area contributed by atoms with Crippen LogP contribution >= 0.6 is 39.4 Å². The summed E-state index contributed by atoms with van der Waals surface area (Å²) in [7, 11) is 10.3. The lowest BCUT2D eigenvalue weighted by atomic mass is 9.94. The van der Waals surface area contributed by atoms with Gasteiger partial charge in [-0.2, -0.15) is 27.0 Å². The summed E-state index contributed by atoms with van der Waals surface area (Å²) in [5.74, 6) is 9.87. The molecule has 0 aromatic rings. The summed E-state index contributed by atoms with van der Waals surface area (Å²) in [6.07, 6.45) is 28.7. The van der Waals surface area contributed by atoms with E-state index >= 15 is 0 Å². The summed E-state index contributed by atoms with van der Waals surface area (Å²) < 4.78 is 0. The van der Waals surface area contributed by atoms with E-state index in [1.807, 2.05) is 35.8 Å². The average Bonchev–Trinajstić information content (AvgIpc) is 4.13. The number of carbonyl (C=O) groups is 3. The molecule has 0 aromatic carbocycles. The molecule has 436 valence electrons. The minimum atomic E-state index is -0.632. The second-order valence-electron chi connectivity index (χ2n) is 26.6. The number of fused-ring (bicyclic) bond motifs is 7. The van der Waals surface area contributed by atoms with E-state index in [1.165, 1.54) is 155 Å². The molecule has 0 spiro atoms. The Hall–Kier alpha value is -0.880. The summed E-state index contributed by atoms with van der Waals surface area (Å²) in [6, 6.07) is 1.09. The molecule has 7 saturated heterocycles. The Bertz CT molecular complexity index is 1620. The lowest BCUT2D eigenvalue weighted by molar-refractivity contribution is -0.144. The normalized spacial score (nSPS) is 42.4. The van der Waals surface area contributed by atoms with Gasteiger partial charge in [0, 0.05) is 51.4 Å². The smallest absolute Gasteiger partial charge is 0.321 e. The molecule has 0 radical (unpaired) electrons. The van der Waals surface area contributed by atoms with E-state index in [9.17, 15) is 14.4 Å². The van der Waals surface area contributed by atoms with Crippen molar-refractivity contribution in [1.29, 1.82) is 0 Å². The molecule has 1 unspecified atom stereocenters. The van der Waals surface area contributed by atoms with Gasteiger partial charge in [0.2, 0.25) is 0 Å². The molecule has 7 saturated carbocycles. The predicted octanol–water partition coefficient (Wildman–Crippen LogP) is 8.54. The van der Waals surface area contributed by atoms with Gasteiger partial charge in [-0.25, -0.2) is 0 Å². The van der Waals surface area contributed by atoms with Crippen LogP contribution in [0.25, 0.3) is 0 Å². The van der Waals surface area contributed by atoms with Crippen LogP contribution < -0.4 is 10.6 Å². The van der Waals surface area contributed by atoms with Crippen molar-refractivity contribution >= 4 is 57.3 Å². The number of aliphatic carboxylic acids is 3. The molecule has 7 heterocycles. The minimum Gasteiger partial charge on any atom is -0.480 e. The van der Waals surface area contributed by atoms with Crippen LogP contribution in [-0.2, 0) is 14.4 Å². The first kappa shape index (κ1) is 64.9. The van der Waals surface area contributed by atoms with Gasteiger partial charge in [0.15, 0.2) is 0 Å². The number of hydrogen-bond donors (Lipinski definition) is 5. The molecule has 14 rings (SSSR count). The number of nitrogens with one attached hydrogen (secondary N) is 2. The van der Waals surface area contributed by atoms with Crippen LogP contribution in [0.3, 0.4) is 0 Å². The van der Waals surface area contributed by atoms with Crippen LogP contribution in [0.15, 0.2) is 0 Å². The monoisotopic (exact) mass is 1110 g/mol. The second kappa shape index (κ2) is 30.3. The fourth-order valence-electron chi connectivity index (χ4n) is 18.5. The maximum absolute atomic E-state index is 10.9. The summed E-state index contributed by atoms with van der Waals surface area (Å²) >= 11 is 0. The van der Waals surface area contributed by atoms with Crippen molar-refractivity contribution in [2.75, 3.05) is 94.1 Å². The first-order valence-corrected chi connectivity index (χ1v) is 30.2. The molecule has 5 N–H and O–H groups in total. The zero-order valence-electron chi connectivity index (χ0n) is 47.9. The van der Waals surface area contributed by atoms with Crippen LogP contribution in [-0.4, -0.2) is 182 Å². The van der Waals surface area contributed by atoms with E-state index in [-0.39, 0.29) is 57.5 Å². The van der Waals surface area contributed by atoms with Crippen LogP contribution in [0.4, 0.5) is 0 Å². The number of carboxylic acid groups (broad SMARTS) is 3. The molecular formula is C59H110ClN7O6S2. The number of halogens is 1. The van der Waals surface area contributed by atoms with E-state index in [4.69, 9.17) is 15.3 Å². The molecule has 0 bridgehead atoms. The molecule has 14 aliphatic rings. The van der Waals surface area contributed by atoms with E-state index in [1.54, 1.807) is 0 Å². The number of likely N-dealkylation sites (tertiary alicyclic amines) is 5. The van der Waals surface area contributed by atoms with Gasteiger partial charge in [0.05, 0.1) is 0 Å². The molecular weight excluding hydrogens is 1000 g/mol. The lowest BCUT2D eigenvalue weighted by Crippen LogP contribution is -2.36. The highest BCUT2D eigenvalue weighted by molar-refractivity contribution is 7.59. The highest BCUT2D eigenvalue weighted by atomic mass is 35.5. The van der Waals surface area contributed by atoms with Crippen molar-refractivity contribution in [3.05, 3.63) is 0 Å². The summed E-state index contributed by atoms with van der Waals surface area (Å²) in [5.41, 5.74) is 0. The Morgan fingerprint density at radius 3 is 1.05 bits per heavy atom. The zero-order valence-corrected chi connectivity index (χ0v) is 50.7. The molecule has 7 aliphatic carbocycles. The third kappa shape index (κ3) is 16.0. The molecule has 16 heteroatoms. The standard InChI is InChI=1S/3C9H15NO2.C9H17N.2C8H15N.C7H13N.ClH.2H2S/c3*1-10-5-6-3-2-4-7(6)8(10)9(11)12;1-7-9-5-3-4-8(9)6-10(7)2;1-9-5-7-3-2-4-8(7)6-9;1-6-8-4-2-3-7(8)5-9-6;1-2-6-4-8-5-7(6)3-1;;;/h3*6-8H,2-5H2,1H3,(H,11,12);7-9H,3-6H2,1-2H3;7-8H,2-6H2,1H3;6-9H,2-5H2,1H3;6-8H,1-5H2;1H;2*1H2/t6-,7-,8?;2*6-,7-,8-;7-,8+,9-;7-,8+;6-,7+,8-;6-,7+;;;/m0001.1..../s1. The van der Waals surface area contributed by atoms with Crippen LogP contribution in [0, 0.1) is 82.9 Å². The molecule has 0 aromatic heterocycles. The number of nitrogens with zero attached hydrogens (tertiary/aromatic N) is 5. The summed E-state index contributed by atoms with van der Waals surface area (Å²) in [4.78, 5) is 43.7. The van der Waals surface area contributed by atoms with Crippen molar-refractivity contribution in [3.8, 4) is 0 Å². The maximum Gasteiger partial charge on any atom is 0.321 e. The molecule has 19 atom stereocenters. The van der Waals surface area contributed by atoms with Crippen molar-refractivity contribution < 1.29 is 29.7 Å². The van der Waals surface area contributed by atoms with Crippen LogP contribution in [0.5, 0.6) is 0 Å². The third-order valence-electron chi connectivity index (χ3n) is 22.3. The molecule has 0 amide bonds. The average molecular weight is 1110 g/mol. The van der Waals surface area contributed by atoms with Gasteiger partial charge in [0.25, 0.3) is 0 Å². The Kier molecular flexibility index (Phi) is 26.2. The SMILES string of the molecule is C1C[C@@H]2CNC[C@@H]2C1.CN1C[C@@H]2CCC[C@@H]2C1C(=O)O.CN1C[C@@H]2CCC[C@@H]2[C@H]1C(=O)O.CN1C[C@@H]2CCC[C@@H]2[C@H]1C(=O)O.CN1C[C@H]2CCC[C@H]2C1.C[C@@H]1[C@H]2CCC[C@H]2CN1C.C[C@H]1NC[C@@H]2CCC[C@@H]21.Cl.S.S. The Morgan fingerprint density at radius 1 is 0.373 bits per heavy atom. The Balaban J connectivity index is 0.000000161. The van der Waals surface area contributed by atoms with Gasteiger partial charge in [-0.15, -0.1) is 12.4 Å². The Morgan fingerprint density at radius 2 is 0.680 bits per heavy atom. The van der Waals surface area contributed by atoms with Gasteiger partial charge >= 0.3 is 17.9 Å². The number of likely N-dealkylation sites (N-methyl/N-ethyl adjacent to an activating group) is 3.